The summed E-state index contributed by atoms with van der Waals surface area (Å²) in [4.78, 5) is 10.8. The van der Waals surface area contributed by atoms with E-state index in [2.05, 4.69) is 35.8 Å². The number of aromatic nitrogens is 1. The highest BCUT2D eigenvalue weighted by Gasteiger charge is 2.20. The summed E-state index contributed by atoms with van der Waals surface area (Å²) in [7, 11) is 0. The van der Waals surface area contributed by atoms with E-state index >= 15 is 0 Å². The van der Waals surface area contributed by atoms with Crippen LogP contribution in [0.15, 0.2) is 54.9 Å². The topological polar surface area (TPSA) is 48.0 Å². The maximum atomic E-state index is 10.8. The van der Waals surface area contributed by atoms with Gasteiger partial charge in [0.25, 0.3) is 0 Å². The van der Waals surface area contributed by atoms with Gasteiger partial charge in [-0.1, -0.05) is 25.2 Å². The van der Waals surface area contributed by atoms with Gasteiger partial charge >= 0.3 is 0 Å². The lowest BCUT2D eigenvalue weighted by atomic mass is 9.92. The van der Waals surface area contributed by atoms with Crippen molar-refractivity contribution in [2.75, 3.05) is 11.5 Å². The number of rotatable bonds is 5. The number of amides is 1. The summed E-state index contributed by atoms with van der Waals surface area (Å²) < 4.78 is 2.08. The van der Waals surface area contributed by atoms with Crippen LogP contribution < -0.4 is 5.73 Å². The summed E-state index contributed by atoms with van der Waals surface area (Å²) in [5.41, 5.74) is 6.23. The monoisotopic (exact) mass is 274 g/mol. The maximum Gasteiger partial charge on any atom is 0.227 e. The first-order valence-corrected chi connectivity index (χ1v) is 7.33. The average molecular weight is 274 g/mol. The molecule has 0 radical (unpaired) electrons. The number of carbonyl (C=O) groups excluding carboxylic acids is 1. The second kappa shape index (κ2) is 5.97. The fourth-order valence-corrected chi connectivity index (χ4v) is 2.91. The highest BCUT2D eigenvalue weighted by molar-refractivity contribution is 7.99. The summed E-state index contributed by atoms with van der Waals surface area (Å²) >= 11 is 1.57. The fraction of sp³-hybridized carbons (Fsp3) is 0.267. The lowest BCUT2D eigenvalue weighted by Crippen LogP contribution is -2.18. The van der Waals surface area contributed by atoms with Crippen LogP contribution in [0, 0.1) is 5.41 Å². The van der Waals surface area contributed by atoms with Crippen LogP contribution in [-0.2, 0) is 4.79 Å². The second-order valence-corrected chi connectivity index (χ2v) is 5.83. The zero-order chi connectivity index (χ0) is 13.7. The Balaban J connectivity index is 2.15. The molecule has 0 aliphatic heterocycles. The molecule has 1 aliphatic carbocycles. The van der Waals surface area contributed by atoms with Crippen molar-refractivity contribution < 1.29 is 4.79 Å². The number of nitrogens with two attached hydrogens (primary N) is 1. The molecule has 1 aromatic heterocycles. The van der Waals surface area contributed by atoms with Crippen molar-refractivity contribution in [1.29, 1.82) is 0 Å². The predicted octanol–water partition coefficient (Wildman–Crippen LogP) is 2.68. The summed E-state index contributed by atoms with van der Waals surface area (Å²) in [6.45, 7) is 2.16. The normalized spacial score (nSPS) is 22.1. The molecule has 0 saturated carbocycles. The smallest absolute Gasteiger partial charge is 0.227 e. The third kappa shape index (κ3) is 3.89. The van der Waals surface area contributed by atoms with E-state index in [1.165, 1.54) is 0 Å². The Kier molecular flexibility index (Phi) is 4.32. The molecule has 1 unspecified atom stereocenters. The highest BCUT2D eigenvalue weighted by atomic mass is 32.2. The van der Waals surface area contributed by atoms with Crippen molar-refractivity contribution in [3.63, 3.8) is 0 Å². The van der Waals surface area contributed by atoms with E-state index in [0.29, 0.717) is 5.75 Å². The van der Waals surface area contributed by atoms with Gasteiger partial charge in [0.1, 0.15) is 0 Å². The Morgan fingerprint density at radius 1 is 1.37 bits per heavy atom. The standard InChI is InChI=1S/C15H18N2OS/c1-15(12-19-11-14(16)18)7-3-2-6-13(10-15)17-8-4-5-9-17/h2-10H,11-12H2,1H3,(H2,16,18). The molecule has 1 amide bonds. The van der Waals surface area contributed by atoms with Crippen LogP contribution in [-0.4, -0.2) is 22.0 Å². The van der Waals surface area contributed by atoms with Crippen molar-refractivity contribution in [2.45, 2.75) is 6.92 Å². The molecule has 19 heavy (non-hydrogen) atoms. The Bertz CT molecular complexity index is 528. The van der Waals surface area contributed by atoms with E-state index in [-0.39, 0.29) is 11.3 Å². The lowest BCUT2D eigenvalue weighted by Gasteiger charge is -2.22. The molecular formula is C15H18N2OS. The van der Waals surface area contributed by atoms with Crippen LogP contribution in [0.3, 0.4) is 0 Å². The van der Waals surface area contributed by atoms with Crippen molar-refractivity contribution in [1.82, 2.24) is 4.57 Å². The number of nitrogens with zero attached hydrogens (tertiary/aromatic N) is 1. The van der Waals surface area contributed by atoms with Crippen LogP contribution in [0.25, 0.3) is 5.70 Å². The Hall–Kier alpha value is -1.68. The highest BCUT2D eigenvalue weighted by Crippen LogP contribution is 2.30. The SMILES string of the molecule is CC1(CSCC(N)=O)C=CC=CC(n2cccc2)=C1. The van der Waals surface area contributed by atoms with Gasteiger partial charge in [-0.15, -0.1) is 0 Å². The van der Waals surface area contributed by atoms with Gasteiger partial charge in [-0.25, -0.2) is 0 Å². The van der Waals surface area contributed by atoms with Gasteiger partial charge in [-0.3, -0.25) is 4.79 Å². The zero-order valence-electron chi connectivity index (χ0n) is 11.0. The van der Waals surface area contributed by atoms with E-state index in [1.54, 1.807) is 11.8 Å². The van der Waals surface area contributed by atoms with Gasteiger partial charge in [0.05, 0.1) is 5.75 Å². The van der Waals surface area contributed by atoms with Gasteiger partial charge < -0.3 is 10.3 Å². The molecule has 2 N–H and O–H groups in total. The number of thioether (sulfide) groups is 1. The first kappa shape index (κ1) is 13.7. The quantitative estimate of drug-likeness (QED) is 0.897. The molecule has 2 rings (SSSR count). The summed E-state index contributed by atoms with van der Waals surface area (Å²) in [5.74, 6) is 0.932. The summed E-state index contributed by atoms with van der Waals surface area (Å²) in [6.07, 6.45) is 14.6. The van der Waals surface area contributed by atoms with E-state index in [4.69, 9.17) is 5.73 Å². The average Bonchev–Trinajstić information content (AvgIpc) is 2.80. The molecule has 1 atom stereocenters. The largest absolute Gasteiger partial charge is 0.369 e. The zero-order valence-corrected chi connectivity index (χ0v) is 11.8. The Morgan fingerprint density at radius 3 is 2.79 bits per heavy atom. The molecule has 1 aliphatic rings. The van der Waals surface area contributed by atoms with Gasteiger partial charge in [-0.05, 0) is 24.3 Å². The number of allylic oxidation sites excluding steroid dienone is 6. The van der Waals surface area contributed by atoms with E-state index in [1.807, 2.05) is 30.6 Å². The van der Waals surface area contributed by atoms with Crippen LogP contribution in [0.5, 0.6) is 0 Å². The van der Waals surface area contributed by atoms with Crippen molar-refractivity contribution in [2.24, 2.45) is 11.1 Å². The van der Waals surface area contributed by atoms with Gasteiger partial charge in [0.2, 0.25) is 5.91 Å². The van der Waals surface area contributed by atoms with Crippen molar-refractivity contribution >= 4 is 23.4 Å². The van der Waals surface area contributed by atoms with Crippen molar-refractivity contribution in [3.8, 4) is 0 Å². The van der Waals surface area contributed by atoms with E-state index < -0.39 is 0 Å². The van der Waals surface area contributed by atoms with Crippen LogP contribution >= 0.6 is 11.8 Å². The van der Waals surface area contributed by atoms with Crippen molar-refractivity contribution in [3.05, 3.63) is 54.9 Å². The third-order valence-corrected chi connectivity index (χ3v) is 4.21. The molecule has 0 saturated heterocycles. The van der Waals surface area contributed by atoms with Crippen LogP contribution in [0.2, 0.25) is 0 Å². The molecule has 100 valence electrons. The lowest BCUT2D eigenvalue weighted by molar-refractivity contribution is -0.115. The number of primary amides is 1. The number of carbonyl (C=O) groups is 1. The van der Waals surface area contributed by atoms with E-state index in [0.717, 1.165) is 11.4 Å². The fourth-order valence-electron chi connectivity index (χ4n) is 1.99. The van der Waals surface area contributed by atoms with Gasteiger partial charge in [-0.2, -0.15) is 11.8 Å². The molecular weight excluding hydrogens is 256 g/mol. The first-order valence-electron chi connectivity index (χ1n) is 6.17. The molecule has 0 spiro atoms. The predicted molar refractivity (Wildman–Crippen MR) is 81.6 cm³/mol. The minimum Gasteiger partial charge on any atom is -0.369 e. The molecule has 0 aromatic carbocycles. The third-order valence-electron chi connectivity index (χ3n) is 2.89. The Morgan fingerprint density at radius 2 is 2.11 bits per heavy atom. The van der Waals surface area contributed by atoms with Crippen LogP contribution in [0.1, 0.15) is 6.92 Å². The maximum absolute atomic E-state index is 10.8. The summed E-state index contributed by atoms with van der Waals surface area (Å²) in [5, 5.41) is 0. The minimum absolute atomic E-state index is 0.0801. The molecule has 1 heterocycles. The molecule has 4 heteroatoms. The first-order chi connectivity index (χ1) is 9.09. The number of hydrogen-bond donors (Lipinski definition) is 1. The summed E-state index contributed by atoms with van der Waals surface area (Å²) in [6, 6.07) is 4.01. The Labute approximate surface area is 117 Å². The van der Waals surface area contributed by atoms with Crippen LogP contribution in [0.4, 0.5) is 0 Å². The second-order valence-electron chi connectivity index (χ2n) is 4.84. The molecule has 0 bridgehead atoms. The molecule has 0 fully saturated rings. The van der Waals surface area contributed by atoms with E-state index in [9.17, 15) is 4.79 Å². The van der Waals surface area contributed by atoms with Gasteiger partial charge in [0.15, 0.2) is 0 Å². The number of hydrogen-bond acceptors (Lipinski definition) is 2. The molecule has 3 nitrogen and oxygen atoms in total. The van der Waals surface area contributed by atoms with Gasteiger partial charge in [0, 0.05) is 29.3 Å². The molecule has 1 aromatic rings. The minimum atomic E-state index is -0.265.